The molecule has 0 spiro atoms. The Morgan fingerprint density at radius 3 is 2.21 bits per heavy atom. The zero-order valence-electron chi connectivity index (χ0n) is 20.7. The molecular formula is C26H23ClF3NO7S. The molecule has 1 heterocycles. The number of ether oxygens (including phenoxy) is 3. The molecule has 0 aliphatic heterocycles. The number of benzene rings is 2. The van der Waals surface area contributed by atoms with Gasteiger partial charge in [-0.15, -0.1) is 0 Å². The second-order valence-electron chi connectivity index (χ2n) is 8.18. The summed E-state index contributed by atoms with van der Waals surface area (Å²) < 4.78 is 78.1. The van der Waals surface area contributed by atoms with Crippen LogP contribution in [0.15, 0.2) is 65.7 Å². The topological polar surface area (TPSA) is 109 Å². The van der Waals surface area contributed by atoms with Gasteiger partial charge in [-0.1, -0.05) is 29.8 Å². The lowest BCUT2D eigenvalue weighted by Gasteiger charge is -2.18. The molecule has 208 valence electrons. The molecule has 3 aromatic rings. The van der Waals surface area contributed by atoms with Crippen molar-refractivity contribution in [2.24, 2.45) is 0 Å². The second kappa shape index (κ2) is 12.5. The van der Waals surface area contributed by atoms with E-state index >= 15 is 0 Å². The van der Waals surface area contributed by atoms with Crippen LogP contribution in [0.1, 0.15) is 40.4 Å². The highest BCUT2D eigenvalue weighted by Crippen LogP contribution is 2.32. The molecule has 0 saturated carbocycles. The van der Waals surface area contributed by atoms with E-state index in [2.05, 4.69) is 4.98 Å². The molecule has 0 bridgehead atoms. The van der Waals surface area contributed by atoms with Crippen molar-refractivity contribution in [2.75, 3.05) is 14.2 Å². The number of hydrogen-bond donors (Lipinski definition) is 0. The van der Waals surface area contributed by atoms with Gasteiger partial charge >= 0.3 is 11.5 Å². The zero-order valence-corrected chi connectivity index (χ0v) is 22.3. The summed E-state index contributed by atoms with van der Waals surface area (Å²) >= 11 is 5.73. The minimum Gasteiger partial charge on any atom is -0.493 e. The molecule has 0 amide bonds. The maximum atomic E-state index is 13.2. The average molecular weight is 586 g/mol. The smallest absolute Gasteiger partial charge is 0.493 e. The molecular weight excluding hydrogens is 563 g/mol. The molecule has 13 heteroatoms. The molecule has 0 saturated heterocycles. The number of alkyl halides is 3. The predicted molar refractivity (Wildman–Crippen MR) is 135 cm³/mol. The zero-order chi connectivity index (χ0) is 28.8. The Labute approximate surface area is 227 Å². The third kappa shape index (κ3) is 7.27. The molecule has 1 unspecified atom stereocenters. The minimum absolute atomic E-state index is 0.00233. The molecule has 0 radical (unpaired) electrons. The van der Waals surface area contributed by atoms with E-state index in [0.29, 0.717) is 36.5 Å². The van der Waals surface area contributed by atoms with Crippen LogP contribution in [-0.2, 0) is 25.8 Å². The van der Waals surface area contributed by atoms with E-state index in [0.717, 1.165) is 23.9 Å². The van der Waals surface area contributed by atoms with E-state index in [1.165, 1.54) is 26.4 Å². The van der Waals surface area contributed by atoms with Gasteiger partial charge in [-0.3, -0.25) is 4.79 Å². The number of rotatable bonds is 11. The first-order valence-corrected chi connectivity index (χ1v) is 13.2. The van der Waals surface area contributed by atoms with Crippen LogP contribution in [-0.4, -0.2) is 44.9 Å². The fourth-order valence-corrected chi connectivity index (χ4v) is 4.45. The number of halogens is 4. The van der Waals surface area contributed by atoms with Crippen molar-refractivity contribution in [1.29, 1.82) is 0 Å². The van der Waals surface area contributed by atoms with Gasteiger partial charge in [0.25, 0.3) is 9.84 Å². The molecule has 2 aromatic carbocycles. The molecule has 3 rings (SSSR count). The fourth-order valence-electron chi connectivity index (χ4n) is 3.58. The summed E-state index contributed by atoms with van der Waals surface area (Å²) in [4.78, 5) is 28.6. The number of aryl methyl sites for hydroxylation is 1. The van der Waals surface area contributed by atoms with Gasteiger partial charge in [0.1, 0.15) is 5.15 Å². The van der Waals surface area contributed by atoms with Crippen LogP contribution < -0.4 is 9.47 Å². The summed E-state index contributed by atoms with van der Waals surface area (Å²) in [7, 11) is -2.60. The third-order valence-corrected chi connectivity index (χ3v) is 7.34. The van der Waals surface area contributed by atoms with Crippen LogP contribution in [0.5, 0.6) is 11.5 Å². The van der Waals surface area contributed by atoms with E-state index in [9.17, 15) is 31.2 Å². The number of aromatic nitrogens is 1. The van der Waals surface area contributed by atoms with Crippen LogP contribution in [0.3, 0.4) is 0 Å². The molecule has 39 heavy (non-hydrogen) atoms. The van der Waals surface area contributed by atoms with Crippen LogP contribution in [0, 0.1) is 0 Å². The standard InChI is InChI=1S/C26H23ClF3NO7S/c1-36-21-12-6-16(14-22(21)37-2)4-3-5-20(32)24(38-25(33)18-9-13-23(27)31-15-18)17-7-10-19(11-8-17)39(34,35)26(28,29)30/h6-15,24H,3-5H2,1-2H3. The van der Waals surface area contributed by atoms with Gasteiger partial charge < -0.3 is 14.2 Å². The Balaban J connectivity index is 1.82. The van der Waals surface area contributed by atoms with Crippen molar-refractivity contribution in [3.8, 4) is 11.5 Å². The monoisotopic (exact) mass is 585 g/mol. The number of carbonyl (C=O) groups is 2. The first-order valence-electron chi connectivity index (χ1n) is 11.3. The first kappa shape index (κ1) is 29.9. The summed E-state index contributed by atoms with van der Waals surface area (Å²) in [6.07, 6.45) is 0.360. The normalized spacial score (nSPS) is 12.5. The lowest BCUT2D eigenvalue weighted by atomic mass is 9.99. The van der Waals surface area contributed by atoms with Gasteiger partial charge in [0.05, 0.1) is 24.7 Å². The quantitative estimate of drug-likeness (QED) is 0.213. The van der Waals surface area contributed by atoms with Crippen molar-refractivity contribution >= 4 is 33.2 Å². The van der Waals surface area contributed by atoms with Crippen LogP contribution in [0.4, 0.5) is 13.2 Å². The molecule has 0 fully saturated rings. The average Bonchev–Trinajstić information content (AvgIpc) is 2.91. The third-order valence-electron chi connectivity index (χ3n) is 5.61. The Morgan fingerprint density at radius 1 is 0.974 bits per heavy atom. The number of pyridine rings is 1. The van der Waals surface area contributed by atoms with Gasteiger partial charge in [0.2, 0.25) is 0 Å². The van der Waals surface area contributed by atoms with Crippen molar-refractivity contribution in [2.45, 2.75) is 35.8 Å². The Morgan fingerprint density at radius 2 is 1.64 bits per heavy atom. The number of methoxy groups -OCH3 is 2. The van der Waals surface area contributed by atoms with Crippen molar-refractivity contribution in [3.05, 3.63) is 82.6 Å². The van der Waals surface area contributed by atoms with E-state index in [-0.39, 0.29) is 22.7 Å². The number of esters is 1. The predicted octanol–water partition coefficient (Wildman–Crippen LogP) is 5.54. The first-order chi connectivity index (χ1) is 18.4. The number of ketones is 1. The Hall–Kier alpha value is -3.64. The second-order valence-corrected chi connectivity index (χ2v) is 10.5. The number of sulfone groups is 1. The van der Waals surface area contributed by atoms with E-state index in [1.807, 2.05) is 0 Å². The highest BCUT2D eigenvalue weighted by molar-refractivity contribution is 7.92. The van der Waals surface area contributed by atoms with Gasteiger partial charge in [0.15, 0.2) is 23.4 Å². The Bertz CT molecular complexity index is 1430. The summed E-state index contributed by atoms with van der Waals surface area (Å²) in [5.74, 6) is -0.419. The van der Waals surface area contributed by atoms with Gasteiger partial charge in [0, 0.05) is 18.2 Å². The van der Waals surface area contributed by atoms with E-state index in [1.54, 1.807) is 18.2 Å². The van der Waals surface area contributed by atoms with Crippen molar-refractivity contribution in [3.63, 3.8) is 0 Å². The number of carbonyl (C=O) groups excluding carboxylic acids is 2. The molecule has 0 N–H and O–H groups in total. The number of hydrogen-bond acceptors (Lipinski definition) is 8. The summed E-state index contributed by atoms with van der Waals surface area (Å²) in [5.41, 5.74) is -4.66. The maximum absolute atomic E-state index is 13.2. The SMILES string of the molecule is COc1ccc(CCCC(=O)C(OC(=O)c2ccc(Cl)nc2)c2ccc(S(=O)(=O)C(F)(F)F)cc2)cc1OC. The number of nitrogens with zero attached hydrogens (tertiary/aromatic N) is 1. The van der Waals surface area contributed by atoms with Gasteiger partial charge in [-0.25, -0.2) is 18.2 Å². The Kier molecular flexibility index (Phi) is 9.57. The highest BCUT2D eigenvalue weighted by atomic mass is 35.5. The summed E-state index contributed by atoms with van der Waals surface area (Å²) in [6, 6.07) is 11.4. The summed E-state index contributed by atoms with van der Waals surface area (Å²) in [6.45, 7) is 0. The van der Waals surface area contributed by atoms with Crippen LogP contribution >= 0.6 is 11.6 Å². The van der Waals surface area contributed by atoms with Crippen LogP contribution in [0.25, 0.3) is 0 Å². The summed E-state index contributed by atoms with van der Waals surface area (Å²) in [5, 5.41) is 0.121. The molecule has 1 aromatic heterocycles. The largest absolute Gasteiger partial charge is 0.501 e. The fraction of sp³-hybridized carbons (Fsp3) is 0.269. The minimum atomic E-state index is -5.60. The molecule has 8 nitrogen and oxygen atoms in total. The highest BCUT2D eigenvalue weighted by Gasteiger charge is 2.46. The van der Waals surface area contributed by atoms with Crippen LogP contribution in [0.2, 0.25) is 5.15 Å². The molecule has 1 atom stereocenters. The van der Waals surface area contributed by atoms with Crippen molar-refractivity contribution < 1.29 is 45.4 Å². The van der Waals surface area contributed by atoms with Gasteiger partial charge in [-0.2, -0.15) is 13.2 Å². The van der Waals surface area contributed by atoms with Crippen molar-refractivity contribution in [1.82, 2.24) is 4.98 Å². The molecule has 0 aliphatic rings. The molecule has 0 aliphatic carbocycles. The number of Topliss-reactive ketones (excluding diaryl/α,β-unsaturated/α-hetero) is 1. The van der Waals surface area contributed by atoms with Gasteiger partial charge in [-0.05, 0) is 54.8 Å². The van der Waals surface area contributed by atoms with E-state index < -0.39 is 38.1 Å². The lowest BCUT2D eigenvalue weighted by molar-refractivity contribution is -0.128. The maximum Gasteiger partial charge on any atom is 0.501 e. The lowest BCUT2D eigenvalue weighted by Crippen LogP contribution is -2.23. The van der Waals surface area contributed by atoms with E-state index in [4.69, 9.17) is 25.8 Å².